The highest BCUT2D eigenvalue weighted by Crippen LogP contribution is 2.15. The van der Waals surface area contributed by atoms with Gasteiger partial charge in [-0.2, -0.15) is 0 Å². The van der Waals surface area contributed by atoms with Gasteiger partial charge in [-0.25, -0.2) is 0 Å². The lowest BCUT2D eigenvalue weighted by Crippen LogP contribution is -2.49. The molecular formula is C14H22N2. The van der Waals surface area contributed by atoms with Crippen molar-refractivity contribution in [2.75, 3.05) is 19.6 Å². The first-order valence-corrected chi connectivity index (χ1v) is 6.17. The van der Waals surface area contributed by atoms with Gasteiger partial charge in [-0.3, -0.25) is 4.90 Å². The van der Waals surface area contributed by atoms with E-state index >= 15 is 0 Å². The molecule has 1 aromatic rings. The molecule has 1 aromatic carbocycles. The summed E-state index contributed by atoms with van der Waals surface area (Å²) in [6, 6.07) is 7.42. The SMILES string of the molecule is Cc1ccc(CN2CCNCC2C)c(C)c1. The summed E-state index contributed by atoms with van der Waals surface area (Å²) in [5.74, 6) is 0. The number of hydrogen-bond acceptors (Lipinski definition) is 2. The summed E-state index contributed by atoms with van der Waals surface area (Å²) in [6.07, 6.45) is 0. The molecule has 0 bridgehead atoms. The molecule has 1 atom stereocenters. The van der Waals surface area contributed by atoms with Gasteiger partial charge in [-0.05, 0) is 31.9 Å². The maximum Gasteiger partial charge on any atom is 0.0240 e. The summed E-state index contributed by atoms with van der Waals surface area (Å²) in [5, 5.41) is 3.43. The summed E-state index contributed by atoms with van der Waals surface area (Å²) in [4.78, 5) is 2.56. The summed E-state index contributed by atoms with van der Waals surface area (Å²) in [5.41, 5.74) is 4.25. The minimum absolute atomic E-state index is 0.648. The third-order valence-corrected chi connectivity index (χ3v) is 3.51. The standard InChI is InChI=1S/C14H22N2/c1-11-4-5-14(12(2)8-11)10-16-7-6-15-9-13(16)3/h4-5,8,13,15H,6-7,9-10H2,1-3H3. The van der Waals surface area contributed by atoms with Crippen LogP contribution in [0.25, 0.3) is 0 Å². The Hall–Kier alpha value is -0.860. The molecule has 0 amide bonds. The van der Waals surface area contributed by atoms with Crippen LogP contribution in [0.2, 0.25) is 0 Å². The van der Waals surface area contributed by atoms with Crippen molar-refractivity contribution in [3.63, 3.8) is 0 Å². The van der Waals surface area contributed by atoms with E-state index in [4.69, 9.17) is 0 Å². The zero-order valence-corrected chi connectivity index (χ0v) is 10.6. The van der Waals surface area contributed by atoms with Crippen LogP contribution >= 0.6 is 0 Å². The van der Waals surface area contributed by atoms with E-state index in [-0.39, 0.29) is 0 Å². The van der Waals surface area contributed by atoms with E-state index in [9.17, 15) is 0 Å². The molecule has 2 nitrogen and oxygen atoms in total. The molecule has 1 heterocycles. The van der Waals surface area contributed by atoms with Gasteiger partial charge in [-0.1, -0.05) is 23.8 Å². The molecule has 0 saturated carbocycles. The van der Waals surface area contributed by atoms with Gasteiger partial charge in [0.2, 0.25) is 0 Å². The van der Waals surface area contributed by atoms with Crippen LogP contribution in [0.1, 0.15) is 23.6 Å². The molecule has 16 heavy (non-hydrogen) atoms. The highest BCUT2D eigenvalue weighted by atomic mass is 15.2. The molecule has 88 valence electrons. The summed E-state index contributed by atoms with van der Waals surface area (Å²) < 4.78 is 0. The van der Waals surface area contributed by atoms with Crippen LogP contribution in [0.3, 0.4) is 0 Å². The highest BCUT2D eigenvalue weighted by Gasteiger charge is 2.18. The molecule has 1 N–H and O–H groups in total. The minimum Gasteiger partial charge on any atom is -0.314 e. The first kappa shape index (κ1) is 11.6. The maximum atomic E-state index is 3.43. The van der Waals surface area contributed by atoms with Gasteiger partial charge in [0.25, 0.3) is 0 Å². The number of piperazine rings is 1. The molecule has 2 rings (SSSR count). The van der Waals surface area contributed by atoms with Crippen LogP contribution in [0, 0.1) is 13.8 Å². The van der Waals surface area contributed by atoms with Crippen molar-refractivity contribution in [1.29, 1.82) is 0 Å². The van der Waals surface area contributed by atoms with Gasteiger partial charge >= 0.3 is 0 Å². The molecule has 1 aliphatic heterocycles. The van der Waals surface area contributed by atoms with Gasteiger partial charge in [0.05, 0.1) is 0 Å². The Labute approximate surface area is 98.7 Å². The molecule has 0 spiro atoms. The Balaban J connectivity index is 2.07. The van der Waals surface area contributed by atoms with Gasteiger partial charge in [0, 0.05) is 32.2 Å². The van der Waals surface area contributed by atoms with E-state index in [0.717, 1.165) is 26.2 Å². The van der Waals surface area contributed by atoms with Gasteiger partial charge in [-0.15, -0.1) is 0 Å². The topological polar surface area (TPSA) is 15.3 Å². The fourth-order valence-electron chi connectivity index (χ4n) is 2.36. The zero-order valence-electron chi connectivity index (χ0n) is 10.6. The number of nitrogens with one attached hydrogen (secondary N) is 1. The van der Waals surface area contributed by atoms with E-state index < -0.39 is 0 Å². The predicted octanol–water partition coefficient (Wildman–Crippen LogP) is 2.10. The summed E-state index contributed by atoms with van der Waals surface area (Å²) >= 11 is 0. The van der Waals surface area contributed by atoms with Crippen molar-refractivity contribution in [3.05, 3.63) is 34.9 Å². The Morgan fingerprint density at radius 2 is 2.19 bits per heavy atom. The van der Waals surface area contributed by atoms with E-state index in [0.29, 0.717) is 6.04 Å². The highest BCUT2D eigenvalue weighted by molar-refractivity contribution is 5.30. The van der Waals surface area contributed by atoms with Gasteiger partial charge < -0.3 is 5.32 Å². The Bertz CT molecular complexity index is 360. The number of nitrogens with zero attached hydrogens (tertiary/aromatic N) is 1. The average Bonchev–Trinajstić information content (AvgIpc) is 2.25. The van der Waals surface area contributed by atoms with E-state index in [1.165, 1.54) is 16.7 Å². The molecule has 2 heteroatoms. The lowest BCUT2D eigenvalue weighted by molar-refractivity contribution is 0.165. The molecule has 1 unspecified atom stereocenters. The van der Waals surface area contributed by atoms with Crippen molar-refractivity contribution in [2.45, 2.75) is 33.4 Å². The first-order valence-electron chi connectivity index (χ1n) is 6.17. The zero-order chi connectivity index (χ0) is 11.5. The summed E-state index contributed by atoms with van der Waals surface area (Å²) in [6.45, 7) is 11.2. The van der Waals surface area contributed by atoms with Crippen molar-refractivity contribution < 1.29 is 0 Å². The molecule has 0 aliphatic carbocycles. The fraction of sp³-hybridized carbons (Fsp3) is 0.571. The Morgan fingerprint density at radius 1 is 1.38 bits per heavy atom. The molecule has 1 saturated heterocycles. The largest absolute Gasteiger partial charge is 0.314 e. The molecule has 1 aliphatic rings. The Morgan fingerprint density at radius 3 is 2.88 bits per heavy atom. The second kappa shape index (κ2) is 4.98. The number of aryl methyl sites for hydroxylation is 2. The minimum atomic E-state index is 0.648. The third kappa shape index (κ3) is 2.63. The van der Waals surface area contributed by atoms with Crippen LogP contribution in [0.15, 0.2) is 18.2 Å². The quantitative estimate of drug-likeness (QED) is 0.818. The molecule has 0 aromatic heterocycles. The average molecular weight is 218 g/mol. The summed E-state index contributed by atoms with van der Waals surface area (Å²) in [7, 11) is 0. The van der Waals surface area contributed by atoms with Crippen LogP contribution in [-0.2, 0) is 6.54 Å². The van der Waals surface area contributed by atoms with Crippen LogP contribution in [-0.4, -0.2) is 30.6 Å². The van der Waals surface area contributed by atoms with Crippen molar-refractivity contribution in [2.24, 2.45) is 0 Å². The maximum absolute atomic E-state index is 3.43. The van der Waals surface area contributed by atoms with Gasteiger partial charge in [0.1, 0.15) is 0 Å². The molecule has 0 radical (unpaired) electrons. The van der Waals surface area contributed by atoms with Crippen LogP contribution in [0.5, 0.6) is 0 Å². The first-order chi connectivity index (χ1) is 7.66. The van der Waals surface area contributed by atoms with Crippen molar-refractivity contribution in [1.82, 2.24) is 10.2 Å². The smallest absolute Gasteiger partial charge is 0.0240 e. The fourth-order valence-corrected chi connectivity index (χ4v) is 2.36. The predicted molar refractivity (Wildman–Crippen MR) is 68.7 cm³/mol. The molecule has 1 fully saturated rings. The Kier molecular flexibility index (Phi) is 3.62. The lowest BCUT2D eigenvalue weighted by atomic mass is 10.0. The van der Waals surface area contributed by atoms with Crippen molar-refractivity contribution in [3.8, 4) is 0 Å². The van der Waals surface area contributed by atoms with E-state index in [1.54, 1.807) is 0 Å². The normalized spacial score (nSPS) is 22.3. The van der Waals surface area contributed by atoms with E-state index in [2.05, 4.69) is 49.2 Å². The number of rotatable bonds is 2. The third-order valence-electron chi connectivity index (χ3n) is 3.51. The number of benzene rings is 1. The monoisotopic (exact) mass is 218 g/mol. The van der Waals surface area contributed by atoms with Crippen LogP contribution < -0.4 is 5.32 Å². The van der Waals surface area contributed by atoms with Crippen molar-refractivity contribution >= 4 is 0 Å². The lowest BCUT2D eigenvalue weighted by Gasteiger charge is -2.34. The second-order valence-electron chi connectivity index (χ2n) is 4.95. The molecular weight excluding hydrogens is 196 g/mol. The van der Waals surface area contributed by atoms with Gasteiger partial charge in [0.15, 0.2) is 0 Å². The second-order valence-corrected chi connectivity index (χ2v) is 4.95. The van der Waals surface area contributed by atoms with Crippen LogP contribution in [0.4, 0.5) is 0 Å². The number of hydrogen-bond donors (Lipinski definition) is 1. The van der Waals surface area contributed by atoms with E-state index in [1.807, 2.05) is 0 Å².